The normalized spacial score (nSPS) is 8.85. The van der Waals surface area contributed by atoms with Crippen molar-refractivity contribution >= 4 is 11.6 Å². The standard InChI is InChI=1S/C12H15N5O.2HNO3/c1-7-6-15-11(16-7)9-4-3-8(17-12(13)14)5-10(9)18-2;2*2-1(3)4/h3-6H,1-2H3,(H,15,16)(H4,13,14,17);2*(H,2,3,4). The van der Waals surface area contributed by atoms with Crippen LogP contribution in [-0.4, -0.2) is 43.6 Å². The second-order valence-corrected chi connectivity index (χ2v) is 4.32. The van der Waals surface area contributed by atoms with Gasteiger partial charge in [-0.25, -0.2) is 4.98 Å². The lowest BCUT2D eigenvalue weighted by atomic mass is 10.1. The molecule has 0 radical (unpaired) electrons. The van der Waals surface area contributed by atoms with Gasteiger partial charge < -0.3 is 31.2 Å². The molecule has 2 rings (SSSR count). The Hall–Kier alpha value is -4.10. The number of anilines is 1. The van der Waals surface area contributed by atoms with Gasteiger partial charge in [0.15, 0.2) is 5.96 Å². The van der Waals surface area contributed by atoms with E-state index in [2.05, 4.69) is 15.3 Å². The molecule has 1 aromatic heterocycles. The van der Waals surface area contributed by atoms with Gasteiger partial charge in [0.1, 0.15) is 11.6 Å². The van der Waals surface area contributed by atoms with E-state index in [1.165, 1.54) is 0 Å². The summed E-state index contributed by atoms with van der Waals surface area (Å²) in [4.78, 5) is 24.2. The van der Waals surface area contributed by atoms with Crippen LogP contribution < -0.4 is 15.8 Å². The number of guanidine groups is 1. The van der Waals surface area contributed by atoms with E-state index in [4.69, 9.17) is 46.5 Å². The van der Waals surface area contributed by atoms with Gasteiger partial charge >= 0.3 is 0 Å². The number of H-pyrrole nitrogens is 1. The first-order valence-electron chi connectivity index (χ1n) is 6.54. The number of benzene rings is 1. The van der Waals surface area contributed by atoms with Crippen molar-refractivity contribution in [2.75, 3.05) is 12.4 Å². The van der Waals surface area contributed by atoms with Gasteiger partial charge in [0.25, 0.3) is 10.2 Å². The molecule has 2 aromatic rings. The predicted molar refractivity (Wildman–Crippen MR) is 88.4 cm³/mol. The van der Waals surface area contributed by atoms with Crippen molar-refractivity contribution in [3.63, 3.8) is 0 Å². The maximum absolute atomic E-state index is 8.36. The number of nitrogens with two attached hydrogens (primary N) is 1. The number of nitrogens with one attached hydrogen (secondary N) is 3. The summed E-state index contributed by atoms with van der Waals surface area (Å²) in [5.41, 5.74) is 7.76. The number of ether oxygens (including phenoxy) is 1. The van der Waals surface area contributed by atoms with Crippen molar-refractivity contribution in [1.29, 1.82) is 5.41 Å². The third kappa shape index (κ3) is 9.13. The average Bonchev–Trinajstić information content (AvgIpc) is 2.91. The van der Waals surface area contributed by atoms with Gasteiger partial charge in [0, 0.05) is 18.0 Å². The highest BCUT2D eigenvalue weighted by atomic mass is 16.9. The van der Waals surface area contributed by atoms with Crippen LogP contribution in [0.25, 0.3) is 11.4 Å². The molecule has 0 aliphatic carbocycles. The fraction of sp³-hybridized carbons (Fsp3) is 0.167. The first-order chi connectivity index (χ1) is 12.1. The molecule has 0 atom stereocenters. The Bertz CT molecular complexity index is 742. The van der Waals surface area contributed by atoms with Crippen LogP contribution in [0.5, 0.6) is 5.75 Å². The van der Waals surface area contributed by atoms with Crippen molar-refractivity contribution in [3.05, 3.63) is 50.3 Å². The molecule has 0 amide bonds. The number of aromatic amines is 1. The van der Waals surface area contributed by atoms with Gasteiger partial charge in [-0.3, -0.25) is 5.41 Å². The second kappa shape index (κ2) is 10.6. The maximum atomic E-state index is 8.36. The number of hydrogen-bond acceptors (Lipinski definition) is 7. The predicted octanol–water partition coefficient (Wildman–Crippen LogP) is 1.00. The lowest BCUT2D eigenvalue weighted by molar-refractivity contribution is -0.742. The molecular weight excluding hydrogens is 354 g/mol. The SMILES string of the molecule is COc1cc(NC(=N)N)ccc1-c1nc(C)c[nH]1.O=[N+]([O-])O.O=[N+]([O-])O. The zero-order chi connectivity index (χ0) is 20.3. The van der Waals surface area contributed by atoms with Crippen molar-refractivity contribution in [2.45, 2.75) is 6.92 Å². The summed E-state index contributed by atoms with van der Waals surface area (Å²) in [5, 5.41) is 37.2. The summed E-state index contributed by atoms with van der Waals surface area (Å²) in [6, 6.07) is 5.45. The third-order valence-corrected chi connectivity index (χ3v) is 2.44. The fourth-order valence-corrected chi connectivity index (χ4v) is 1.67. The van der Waals surface area contributed by atoms with Crippen LogP contribution in [0.3, 0.4) is 0 Å². The number of imidazole rings is 1. The zero-order valence-corrected chi connectivity index (χ0v) is 13.7. The van der Waals surface area contributed by atoms with Crippen LogP contribution in [0.1, 0.15) is 5.69 Å². The molecule has 14 heteroatoms. The monoisotopic (exact) mass is 371 g/mol. The highest BCUT2D eigenvalue weighted by Gasteiger charge is 2.10. The molecule has 7 N–H and O–H groups in total. The number of methoxy groups -OCH3 is 1. The van der Waals surface area contributed by atoms with Crippen molar-refractivity contribution < 1.29 is 25.3 Å². The van der Waals surface area contributed by atoms with E-state index in [1.54, 1.807) is 13.2 Å². The molecule has 14 nitrogen and oxygen atoms in total. The number of rotatable bonds is 3. The first-order valence-corrected chi connectivity index (χ1v) is 6.54. The molecule has 1 aromatic carbocycles. The van der Waals surface area contributed by atoms with Gasteiger partial charge in [-0.05, 0) is 19.1 Å². The molecular formula is C12H17N7O7. The summed E-state index contributed by atoms with van der Waals surface area (Å²) in [6.07, 6.45) is 1.83. The van der Waals surface area contributed by atoms with Crippen LogP contribution in [0.15, 0.2) is 24.4 Å². The molecule has 0 saturated carbocycles. The van der Waals surface area contributed by atoms with Crippen LogP contribution in [0.4, 0.5) is 5.69 Å². The van der Waals surface area contributed by atoms with Gasteiger partial charge in [-0.2, -0.15) is 0 Å². The summed E-state index contributed by atoms with van der Waals surface area (Å²) in [7, 11) is 1.59. The lowest BCUT2D eigenvalue weighted by Crippen LogP contribution is -2.20. The Kier molecular flexibility index (Phi) is 8.96. The molecule has 1 heterocycles. The summed E-state index contributed by atoms with van der Waals surface area (Å²) in [6.45, 7) is 1.91. The van der Waals surface area contributed by atoms with Gasteiger partial charge in [-0.1, -0.05) is 0 Å². The van der Waals surface area contributed by atoms with Crippen molar-refractivity contribution in [3.8, 4) is 17.1 Å². The number of nitrogens with zero attached hydrogens (tertiary/aromatic N) is 3. The molecule has 0 bridgehead atoms. The van der Waals surface area contributed by atoms with Crippen LogP contribution in [0, 0.1) is 32.6 Å². The van der Waals surface area contributed by atoms with E-state index >= 15 is 0 Å². The molecule has 26 heavy (non-hydrogen) atoms. The zero-order valence-electron chi connectivity index (χ0n) is 13.7. The Morgan fingerprint density at radius 1 is 1.35 bits per heavy atom. The molecule has 0 fully saturated rings. The van der Waals surface area contributed by atoms with E-state index in [9.17, 15) is 0 Å². The Labute approximate surface area is 146 Å². The molecule has 0 spiro atoms. The molecule has 0 unspecified atom stereocenters. The summed E-state index contributed by atoms with van der Waals surface area (Å²) >= 11 is 0. The van der Waals surface area contributed by atoms with E-state index < -0.39 is 10.2 Å². The van der Waals surface area contributed by atoms with Crippen LogP contribution in [-0.2, 0) is 0 Å². The Morgan fingerprint density at radius 3 is 2.27 bits per heavy atom. The molecule has 142 valence electrons. The highest BCUT2D eigenvalue weighted by Crippen LogP contribution is 2.30. The minimum atomic E-state index is -1.50. The van der Waals surface area contributed by atoms with Crippen molar-refractivity contribution in [2.24, 2.45) is 5.73 Å². The van der Waals surface area contributed by atoms with Gasteiger partial charge in [0.2, 0.25) is 0 Å². The first kappa shape index (κ1) is 21.9. The van der Waals surface area contributed by atoms with Crippen LogP contribution in [0.2, 0.25) is 0 Å². The van der Waals surface area contributed by atoms with Crippen molar-refractivity contribution in [1.82, 2.24) is 9.97 Å². The highest BCUT2D eigenvalue weighted by molar-refractivity contribution is 5.90. The average molecular weight is 371 g/mol. The minimum Gasteiger partial charge on any atom is -0.496 e. The summed E-state index contributed by atoms with van der Waals surface area (Å²) in [5.74, 6) is 1.30. The van der Waals surface area contributed by atoms with E-state index in [-0.39, 0.29) is 5.96 Å². The number of hydrogen-bond donors (Lipinski definition) is 6. The van der Waals surface area contributed by atoms with E-state index in [0.717, 1.165) is 17.1 Å². The second-order valence-electron chi connectivity index (χ2n) is 4.32. The van der Waals surface area contributed by atoms with Gasteiger partial charge in [0.05, 0.1) is 18.4 Å². The topological polar surface area (TPSA) is 227 Å². The molecule has 0 aliphatic heterocycles. The third-order valence-electron chi connectivity index (χ3n) is 2.44. The quantitative estimate of drug-likeness (QED) is 0.194. The number of aromatic nitrogens is 2. The maximum Gasteiger partial charge on any atom is 0.291 e. The molecule has 0 saturated heterocycles. The fourth-order valence-electron chi connectivity index (χ4n) is 1.67. The largest absolute Gasteiger partial charge is 0.496 e. The Morgan fingerprint density at radius 2 is 1.88 bits per heavy atom. The number of aryl methyl sites for hydroxylation is 1. The van der Waals surface area contributed by atoms with Crippen LogP contribution >= 0.6 is 0 Å². The van der Waals surface area contributed by atoms with E-state index in [0.29, 0.717) is 11.4 Å². The van der Waals surface area contributed by atoms with E-state index in [1.807, 2.05) is 25.3 Å². The molecule has 0 aliphatic rings. The lowest BCUT2D eigenvalue weighted by Gasteiger charge is -2.09. The Balaban J connectivity index is 0.000000662. The minimum absolute atomic E-state index is 0.112. The van der Waals surface area contributed by atoms with Gasteiger partial charge in [-0.15, -0.1) is 20.2 Å². The summed E-state index contributed by atoms with van der Waals surface area (Å²) < 4.78 is 5.32. The smallest absolute Gasteiger partial charge is 0.291 e.